The van der Waals surface area contributed by atoms with Crippen molar-refractivity contribution in [3.8, 4) is 0 Å². The van der Waals surface area contributed by atoms with E-state index in [1.807, 2.05) is 32.9 Å². The van der Waals surface area contributed by atoms with Gasteiger partial charge in [-0.3, -0.25) is 4.79 Å². The summed E-state index contributed by atoms with van der Waals surface area (Å²) in [7, 11) is 1.56. The molecule has 1 atom stereocenters. The van der Waals surface area contributed by atoms with Crippen LogP contribution in [0.3, 0.4) is 0 Å². The van der Waals surface area contributed by atoms with E-state index in [1.165, 1.54) is 0 Å². The summed E-state index contributed by atoms with van der Waals surface area (Å²) in [5, 5.41) is 13.0. The first-order chi connectivity index (χ1) is 8.91. The quantitative estimate of drug-likeness (QED) is 0.875. The Morgan fingerprint density at radius 2 is 2.11 bits per heavy atom. The van der Waals surface area contributed by atoms with Gasteiger partial charge in [-0.15, -0.1) is 0 Å². The van der Waals surface area contributed by atoms with Crippen molar-refractivity contribution in [1.29, 1.82) is 0 Å². The van der Waals surface area contributed by atoms with E-state index in [0.29, 0.717) is 0 Å². The van der Waals surface area contributed by atoms with Crippen LogP contribution in [0.1, 0.15) is 43.6 Å². The molecule has 104 valence electrons. The third-order valence-electron chi connectivity index (χ3n) is 3.81. The number of carbonyl (C=O) groups excluding carboxylic acids is 1. The molecule has 1 aliphatic rings. The van der Waals surface area contributed by atoms with Crippen LogP contribution in [0.2, 0.25) is 0 Å². The van der Waals surface area contributed by atoms with Gasteiger partial charge in [0.1, 0.15) is 6.10 Å². The average molecular weight is 263 g/mol. The van der Waals surface area contributed by atoms with Crippen molar-refractivity contribution >= 4 is 11.6 Å². The molecule has 0 saturated carbocycles. The van der Waals surface area contributed by atoms with Gasteiger partial charge in [0.2, 0.25) is 5.91 Å². The van der Waals surface area contributed by atoms with Crippen molar-refractivity contribution in [2.75, 3.05) is 19.0 Å². The van der Waals surface area contributed by atoms with E-state index in [1.54, 1.807) is 7.11 Å². The van der Waals surface area contributed by atoms with Crippen molar-refractivity contribution in [2.24, 2.45) is 0 Å². The second-order valence-electron chi connectivity index (χ2n) is 5.51. The number of aliphatic hydroxyl groups excluding tert-OH is 1. The molecule has 4 heteroatoms. The van der Waals surface area contributed by atoms with Crippen LogP contribution < -0.4 is 5.32 Å². The maximum Gasteiger partial charge on any atom is 0.234 e. The van der Waals surface area contributed by atoms with E-state index in [4.69, 9.17) is 4.74 Å². The van der Waals surface area contributed by atoms with Crippen LogP contribution in [0.5, 0.6) is 0 Å². The maximum absolute atomic E-state index is 12.0. The minimum atomic E-state index is -0.660. The van der Waals surface area contributed by atoms with Crippen LogP contribution in [0.25, 0.3) is 0 Å². The van der Waals surface area contributed by atoms with Gasteiger partial charge in [0.05, 0.1) is 12.0 Å². The molecule has 2 rings (SSSR count). The third-order valence-corrected chi connectivity index (χ3v) is 3.81. The van der Waals surface area contributed by atoms with Crippen LogP contribution in [-0.4, -0.2) is 24.7 Å². The Balaban J connectivity index is 2.53. The Bertz CT molecular complexity index is 508. The summed E-state index contributed by atoms with van der Waals surface area (Å²) < 4.78 is 4.99. The van der Waals surface area contributed by atoms with Gasteiger partial charge in [0, 0.05) is 12.8 Å². The number of hydrogen-bond acceptors (Lipinski definition) is 3. The van der Waals surface area contributed by atoms with E-state index < -0.39 is 11.5 Å². The molecule has 0 bridgehead atoms. The molecule has 19 heavy (non-hydrogen) atoms. The molecule has 1 aromatic rings. The number of aliphatic hydroxyl groups is 1. The molecule has 1 heterocycles. The second kappa shape index (κ2) is 4.94. The molecule has 1 amide bonds. The predicted molar refractivity (Wildman–Crippen MR) is 74.3 cm³/mol. The Morgan fingerprint density at radius 1 is 1.42 bits per heavy atom. The molecule has 0 aliphatic carbocycles. The summed E-state index contributed by atoms with van der Waals surface area (Å²) in [5.41, 5.74) is 3.18. The molecular weight excluding hydrogens is 242 g/mol. The van der Waals surface area contributed by atoms with Gasteiger partial charge in [0.25, 0.3) is 0 Å². The van der Waals surface area contributed by atoms with Crippen LogP contribution in [0, 0.1) is 0 Å². The largest absolute Gasteiger partial charge is 0.386 e. The average Bonchev–Trinajstić information content (AvgIpc) is 2.60. The summed E-state index contributed by atoms with van der Waals surface area (Å²) in [6.07, 6.45) is 0.152. The number of carbonyl (C=O) groups is 1. The number of hydrogen-bond donors (Lipinski definition) is 2. The Hall–Kier alpha value is -1.39. The van der Waals surface area contributed by atoms with Crippen molar-refractivity contribution < 1.29 is 14.6 Å². The molecule has 0 spiro atoms. The number of fused-ring (bicyclic) bond motifs is 1. The van der Waals surface area contributed by atoms with Crippen LogP contribution in [0.15, 0.2) is 12.1 Å². The second-order valence-corrected chi connectivity index (χ2v) is 5.51. The Labute approximate surface area is 113 Å². The normalized spacial score (nSPS) is 18.1. The third kappa shape index (κ3) is 2.26. The first-order valence-electron chi connectivity index (χ1n) is 6.57. The van der Waals surface area contributed by atoms with E-state index in [9.17, 15) is 9.90 Å². The predicted octanol–water partition coefficient (Wildman–Crippen LogP) is 2.16. The van der Waals surface area contributed by atoms with Crippen molar-refractivity contribution in [2.45, 2.75) is 38.7 Å². The van der Waals surface area contributed by atoms with Crippen LogP contribution in [-0.2, 0) is 21.4 Å². The molecule has 1 aromatic carbocycles. The number of nitrogens with one attached hydrogen (secondary N) is 1. The van der Waals surface area contributed by atoms with Crippen LogP contribution >= 0.6 is 0 Å². The van der Waals surface area contributed by atoms with Crippen molar-refractivity contribution in [3.63, 3.8) is 0 Å². The summed E-state index contributed by atoms with van der Waals surface area (Å²) in [4.78, 5) is 12.0. The summed E-state index contributed by atoms with van der Waals surface area (Å²) >= 11 is 0. The monoisotopic (exact) mass is 263 g/mol. The molecule has 1 unspecified atom stereocenters. The zero-order valence-electron chi connectivity index (χ0n) is 11.9. The zero-order valence-corrected chi connectivity index (χ0v) is 11.9. The first-order valence-corrected chi connectivity index (χ1v) is 6.57. The van der Waals surface area contributed by atoms with E-state index in [2.05, 4.69) is 5.32 Å². The topological polar surface area (TPSA) is 58.6 Å². The number of anilines is 1. The lowest BCUT2D eigenvalue weighted by atomic mass is 9.83. The fraction of sp³-hybridized carbons (Fsp3) is 0.533. The zero-order chi connectivity index (χ0) is 14.2. The fourth-order valence-electron chi connectivity index (χ4n) is 2.48. The van der Waals surface area contributed by atoms with Gasteiger partial charge in [-0.2, -0.15) is 0 Å². The lowest BCUT2D eigenvalue weighted by molar-refractivity contribution is -0.119. The van der Waals surface area contributed by atoms with E-state index in [-0.39, 0.29) is 12.5 Å². The van der Waals surface area contributed by atoms with Gasteiger partial charge in [-0.05, 0) is 43.0 Å². The SMILES string of the molecule is CCc1cc(C(O)COC)cc2c1NC(=O)C2(C)C. The van der Waals surface area contributed by atoms with Gasteiger partial charge in [-0.25, -0.2) is 0 Å². The van der Waals surface area contributed by atoms with E-state index >= 15 is 0 Å². The Kier molecular flexibility index (Phi) is 3.65. The molecule has 0 fully saturated rings. The number of methoxy groups -OCH3 is 1. The summed E-state index contributed by atoms with van der Waals surface area (Å²) in [6, 6.07) is 3.86. The maximum atomic E-state index is 12.0. The highest BCUT2D eigenvalue weighted by Crippen LogP contribution is 2.41. The highest BCUT2D eigenvalue weighted by Gasteiger charge is 2.39. The number of amides is 1. The number of rotatable bonds is 4. The van der Waals surface area contributed by atoms with Crippen molar-refractivity contribution in [1.82, 2.24) is 0 Å². The highest BCUT2D eigenvalue weighted by molar-refractivity contribution is 6.06. The number of benzene rings is 1. The fourth-order valence-corrected chi connectivity index (χ4v) is 2.48. The van der Waals surface area contributed by atoms with Gasteiger partial charge < -0.3 is 15.2 Å². The minimum absolute atomic E-state index is 0.00980. The van der Waals surface area contributed by atoms with Gasteiger partial charge >= 0.3 is 0 Å². The first kappa shape index (κ1) is 14.0. The number of aryl methyl sites for hydroxylation is 1. The Morgan fingerprint density at radius 3 is 2.68 bits per heavy atom. The number of ether oxygens (including phenoxy) is 1. The minimum Gasteiger partial charge on any atom is -0.386 e. The highest BCUT2D eigenvalue weighted by atomic mass is 16.5. The molecular formula is C15H21NO3. The van der Waals surface area contributed by atoms with Gasteiger partial charge in [0.15, 0.2) is 0 Å². The van der Waals surface area contributed by atoms with Crippen molar-refractivity contribution in [3.05, 3.63) is 28.8 Å². The lowest BCUT2D eigenvalue weighted by Gasteiger charge is -2.19. The smallest absolute Gasteiger partial charge is 0.234 e. The summed E-state index contributed by atoms with van der Waals surface area (Å²) in [5.74, 6) is 0.00980. The van der Waals surface area contributed by atoms with Gasteiger partial charge in [-0.1, -0.05) is 13.0 Å². The lowest BCUT2D eigenvalue weighted by Crippen LogP contribution is -2.27. The molecule has 0 radical (unpaired) electrons. The summed E-state index contributed by atoms with van der Waals surface area (Å²) in [6.45, 7) is 6.10. The molecule has 4 nitrogen and oxygen atoms in total. The molecule has 0 saturated heterocycles. The molecule has 1 aliphatic heterocycles. The standard InChI is InChI=1S/C15H21NO3/c1-5-9-6-10(12(17)8-19-4)7-11-13(9)16-14(18)15(11,2)3/h6-7,12,17H,5,8H2,1-4H3,(H,16,18). The molecule has 2 N–H and O–H groups in total. The van der Waals surface area contributed by atoms with Crippen LogP contribution in [0.4, 0.5) is 5.69 Å². The van der Waals surface area contributed by atoms with E-state index in [0.717, 1.165) is 28.8 Å². The molecule has 0 aromatic heterocycles.